The molecule has 0 N–H and O–H groups in total. The van der Waals surface area contributed by atoms with Crippen LogP contribution in [-0.4, -0.2) is 6.61 Å². The minimum atomic E-state index is 0.596. The van der Waals surface area contributed by atoms with Crippen molar-refractivity contribution in [3.8, 4) is 0 Å². The van der Waals surface area contributed by atoms with Crippen LogP contribution in [-0.2, 0) is 4.74 Å². The van der Waals surface area contributed by atoms with Crippen molar-refractivity contribution >= 4 is 0 Å². The summed E-state index contributed by atoms with van der Waals surface area (Å²) >= 11 is 0. The molecule has 0 aromatic rings. The quantitative estimate of drug-likeness (QED) is 0.434. The van der Waals surface area contributed by atoms with Crippen LogP contribution in [0.1, 0.15) is 20.3 Å². The Kier molecular flexibility index (Phi) is 6.16. The first-order valence-electron chi connectivity index (χ1n) is 4.32. The summed E-state index contributed by atoms with van der Waals surface area (Å²) < 4.78 is 5.46. The van der Waals surface area contributed by atoms with Crippen LogP contribution in [0.15, 0.2) is 37.1 Å². The molecule has 0 aliphatic heterocycles. The molecule has 12 heavy (non-hydrogen) atoms. The van der Waals surface area contributed by atoms with Crippen LogP contribution in [0.2, 0.25) is 0 Å². The molecule has 1 atom stereocenters. The SMILES string of the molecule is C=C/C=C(\C=C)OCC(C)CC. The smallest absolute Gasteiger partial charge is 0.118 e. The summed E-state index contributed by atoms with van der Waals surface area (Å²) in [6.07, 6.45) is 6.35. The van der Waals surface area contributed by atoms with E-state index in [1.807, 2.05) is 6.08 Å². The van der Waals surface area contributed by atoms with Gasteiger partial charge >= 0.3 is 0 Å². The van der Waals surface area contributed by atoms with Crippen molar-refractivity contribution in [1.29, 1.82) is 0 Å². The van der Waals surface area contributed by atoms with E-state index in [0.717, 1.165) is 18.8 Å². The van der Waals surface area contributed by atoms with E-state index in [9.17, 15) is 0 Å². The zero-order valence-corrected chi connectivity index (χ0v) is 8.05. The highest BCUT2D eigenvalue weighted by molar-refractivity contribution is 5.14. The van der Waals surface area contributed by atoms with Gasteiger partial charge in [0.05, 0.1) is 6.61 Å². The minimum absolute atomic E-state index is 0.596. The minimum Gasteiger partial charge on any atom is -0.493 e. The molecule has 0 radical (unpaired) electrons. The number of ether oxygens (including phenoxy) is 1. The Labute approximate surface area is 75.4 Å². The highest BCUT2D eigenvalue weighted by atomic mass is 16.5. The first-order chi connectivity index (χ1) is 5.74. The fourth-order valence-electron chi connectivity index (χ4n) is 0.648. The molecule has 0 rings (SSSR count). The maximum Gasteiger partial charge on any atom is 0.118 e. The molecule has 0 aliphatic rings. The molecule has 0 saturated carbocycles. The lowest BCUT2D eigenvalue weighted by molar-refractivity contribution is 0.180. The van der Waals surface area contributed by atoms with E-state index < -0.39 is 0 Å². The van der Waals surface area contributed by atoms with Gasteiger partial charge in [-0.2, -0.15) is 0 Å². The summed E-state index contributed by atoms with van der Waals surface area (Å²) in [7, 11) is 0. The highest BCUT2D eigenvalue weighted by Gasteiger charge is 1.98. The fraction of sp³-hybridized carbons (Fsp3) is 0.455. The summed E-state index contributed by atoms with van der Waals surface area (Å²) in [4.78, 5) is 0. The van der Waals surface area contributed by atoms with Gasteiger partial charge in [-0.1, -0.05) is 39.5 Å². The van der Waals surface area contributed by atoms with Crippen molar-refractivity contribution in [2.24, 2.45) is 5.92 Å². The van der Waals surface area contributed by atoms with Gasteiger partial charge in [-0.3, -0.25) is 0 Å². The zero-order chi connectivity index (χ0) is 9.40. The normalized spacial score (nSPS) is 13.7. The van der Waals surface area contributed by atoms with Crippen molar-refractivity contribution < 1.29 is 4.74 Å². The third-order valence-electron chi connectivity index (χ3n) is 1.71. The Morgan fingerprint density at radius 1 is 1.50 bits per heavy atom. The first kappa shape index (κ1) is 11.0. The number of hydrogen-bond donors (Lipinski definition) is 0. The largest absolute Gasteiger partial charge is 0.493 e. The molecule has 0 saturated heterocycles. The average Bonchev–Trinajstić information content (AvgIpc) is 2.11. The van der Waals surface area contributed by atoms with Crippen LogP contribution in [0.5, 0.6) is 0 Å². The highest BCUT2D eigenvalue weighted by Crippen LogP contribution is 2.06. The molecule has 1 nitrogen and oxygen atoms in total. The molecule has 0 fully saturated rings. The summed E-state index contributed by atoms with van der Waals surface area (Å²) in [5.41, 5.74) is 0. The molecular weight excluding hydrogens is 148 g/mol. The predicted molar refractivity (Wildman–Crippen MR) is 53.9 cm³/mol. The van der Waals surface area contributed by atoms with Crippen LogP contribution in [0.4, 0.5) is 0 Å². The van der Waals surface area contributed by atoms with E-state index in [4.69, 9.17) is 4.74 Å². The molecule has 1 unspecified atom stereocenters. The third kappa shape index (κ3) is 4.78. The molecule has 1 heteroatoms. The average molecular weight is 166 g/mol. The fourth-order valence-corrected chi connectivity index (χ4v) is 0.648. The van der Waals surface area contributed by atoms with Gasteiger partial charge < -0.3 is 4.74 Å². The van der Waals surface area contributed by atoms with Crippen molar-refractivity contribution in [3.05, 3.63) is 37.1 Å². The van der Waals surface area contributed by atoms with Gasteiger partial charge in [-0.25, -0.2) is 0 Å². The van der Waals surface area contributed by atoms with Crippen LogP contribution in [0, 0.1) is 5.92 Å². The standard InChI is InChI=1S/C11H18O/c1-5-8-11(7-3)12-9-10(4)6-2/h5,7-8,10H,1,3,6,9H2,2,4H3/b11-8+. The van der Waals surface area contributed by atoms with Crippen LogP contribution < -0.4 is 0 Å². The lowest BCUT2D eigenvalue weighted by atomic mass is 10.1. The molecule has 0 spiro atoms. The summed E-state index contributed by atoms with van der Waals surface area (Å²) in [5, 5.41) is 0. The molecule has 0 amide bonds. The van der Waals surface area contributed by atoms with Crippen LogP contribution in [0.25, 0.3) is 0 Å². The van der Waals surface area contributed by atoms with E-state index in [0.29, 0.717) is 5.92 Å². The molecule has 68 valence electrons. The van der Waals surface area contributed by atoms with Crippen molar-refractivity contribution in [3.63, 3.8) is 0 Å². The maximum atomic E-state index is 5.46. The van der Waals surface area contributed by atoms with E-state index in [1.54, 1.807) is 12.2 Å². The van der Waals surface area contributed by atoms with Crippen LogP contribution in [0.3, 0.4) is 0 Å². The van der Waals surface area contributed by atoms with Gasteiger partial charge in [-0.15, -0.1) is 0 Å². The summed E-state index contributed by atoms with van der Waals surface area (Å²) in [5.74, 6) is 1.39. The molecule has 0 bridgehead atoms. The van der Waals surface area contributed by atoms with Crippen molar-refractivity contribution in [1.82, 2.24) is 0 Å². The Bertz CT molecular complexity index is 168. The van der Waals surface area contributed by atoms with E-state index in [2.05, 4.69) is 27.0 Å². The van der Waals surface area contributed by atoms with E-state index in [1.165, 1.54) is 0 Å². The zero-order valence-electron chi connectivity index (χ0n) is 8.05. The number of allylic oxidation sites excluding steroid dienone is 3. The van der Waals surface area contributed by atoms with E-state index in [-0.39, 0.29) is 0 Å². The molecule has 0 aliphatic carbocycles. The van der Waals surface area contributed by atoms with Crippen molar-refractivity contribution in [2.45, 2.75) is 20.3 Å². The lowest BCUT2D eigenvalue weighted by Gasteiger charge is -2.10. The van der Waals surface area contributed by atoms with E-state index >= 15 is 0 Å². The topological polar surface area (TPSA) is 9.23 Å². The maximum absolute atomic E-state index is 5.46. The molecular formula is C11H18O. The van der Waals surface area contributed by atoms with Gasteiger partial charge in [0.25, 0.3) is 0 Å². The van der Waals surface area contributed by atoms with Gasteiger partial charge in [0.1, 0.15) is 5.76 Å². The summed E-state index contributed by atoms with van der Waals surface area (Å²) in [6.45, 7) is 12.3. The van der Waals surface area contributed by atoms with Crippen molar-refractivity contribution in [2.75, 3.05) is 6.61 Å². The van der Waals surface area contributed by atoms with Crippen LogP contribution >= 0.6 is 0 Å². The summed E-state index contributed by atoms with van der Waals surface area (Å²) in [6, 6.07) is 0. The van der Waals surface area contributed by atoms with Gasteiger partial charge in [0.2, 0.25) is 0 Å². The third-order valence-corrected chi connectivity index (χ3v) is 1.71. The first-order valence-corrected chi connectivity index (χ1v) is 4.32. The Morgan fingerprint density at radius 2 is 2.17 bits per heavy atom. The van der Waals surface area contributed by atoms with Gasteiger partial charge in [0.15, 0.2) is 0 Å². The molecule has 0 heterocycles. The monoisotopic (exact) mass is 166 g/mol. The number of rotatable bonds is 6. The van der Waals surface area contributed by atoms with Gasteiger partial charge in [-0.05, 0) is 18.1 Å². The predicted octanol–water partition coefficient (Wildman–Crippen LogP) is 3.31. The Morgan fingerprint density at radius 3 is 2.58 bits per heavy atom. The Hall–Kier alpha value is -0.980. The molecule has 0 aromatic heterocycles. The lowest BCUT2D eigenvalue weighted by Crippen LogP contribution is -2.03. The Balaban J connectivity index is 3.80. The second kappa shape index (κ2) is 6.71. The van der Waals surface area contributed by atoms with Gasteiger partial charge in [0, 0.05) is 0 Å². The number of hydrogen-bond acceptors (Lipinski definition) is 1. The second-order valence-electron chi connectivity index (χ2n) is 2.83. The second-order valence-corrected chi connectivity index (χ2v) is 2.83. The molecule has 0 aromatic carbocycles.